The lowest BCUT2D eigenvalue weighted by Gasteiger charge is -2.30. The van der Waals surface area contributed by atoms with Gasteiger partial charge in [0, 0.05) is 30.3 Å². The molecule has 1 heterocycles. The summed E-state index contributed by atoms with van der Waals surface area (Å²) in [5, 5.41) is 18.7. The molecule has 6 heteroatoms. The van der Waals surface area contributed by atoms with Gasteiger partial charge in [-0.15, -0.1) is 13.2 Å². The van der Waals surface area contributed by atoms with E-state index < -0.39 is 11.1 Å². The number of nitrogens with one attached hydrogen (secondary N) is 2. The fourth-order valence-electron chi connectivity index (χ4n) is 4.68. The Morgan fingerprint density at radius 1 is 1.21 bits per heavy atom. The van der Waals surface area contributed by atoms with Crippen LogP contribution in [0.1, 0.15) is 44.1 Å². The van der Waals surface area contributed by atoms with E-state index >= 15 is 0 Å². The lowest BCUT2D eigenvalue weighted by molar-refractivity contribution is -0.123. The van der Waals surface area contributed by atoms with Crippen LogP contribution in [0, 0.1) is 0 Å². The molecule has 2 aromatic rings. The van der Waals surface area contributed by atoms with E-state index in [4.69, 9.17) is 4.74 Å². The van der Waals surface area contributed by atoms with Gasteiger partial charge in [0.1, 0.15) is 5.75 Å². The minimum absolute atomic E-state index is 0.0135. The molecular formula is C27H34N2O4. The van der Waals surface area contributed by atoms with Crippen molar-refractivity contribution in [2.75, 3.05) is 13.7 Å². The number of benzene rings is 2. The molecule has 0 saturated carbocycles. The fourth-order valence-corrected chi connectivity index (χ4v) is 4.68. The standard InChI is InChI=1S/C27H34N2O4/c1-4-14-27(32,15-5-2)19-28-24(30)12-16-26(17-13-25(31)29-26)18-20-10-11-23(33-3)22-9-7-6-8-21(20)22/h4-11,32H,1-2,12-19H2,3H3,(H,28,30)(H,29,31). The highest BCUT2D eigenvalue weighted by atomic mass is 16.5. The lowest BCUT2D eigenvalue weighted by Crippen LogP contribution is -2.46. The van der Waals surface area contributed by atoms with Crippen LogP contribution < -0.4 is 15.4 Å². The first-order valence-corrected chi connectivity index (χ1v) is 11.4. The quantitative estimate of drug-likeness (QED) is 0.429. The van der Waals surface area contributed by atoms with Crippen molar-refractivity contribution in [3.63, 3.8) is 0 Å². The summed E-state index contributed by atoms with van der Waals surface area (Å²) in [6, 6.07) is 12.0. The van der Waals surface area contributed by atoms with Crippen LogP contribution in [0.5, 0.6) is 5.75 Å². The smallest absolute Gasteiger partial charge is 0.220 e. The molecule has 0 radical (unpaired) electrons. The summed E-state index contributed by atoms with van der Waals surface area (Å²) in [6.45, 7) is 7.49. The van der Waals surface area contributed by atoms with Crippen LogP contribution in [-0.4, -0.2) is 41.7 Å². The van der Waals surface area contributed by atoms with Crippen molar-refractivity contribution in [3.05, 3.63) is 67.3 Å². The first-order chi connectivity index (χ1) is 15.8. The summed E-state index contributed by atoms with van der Waals surface area (Å²) in [5.41, 5.74) is -0.453. The summed E-state index contributed by atoms with van der Waals surface area (Å²) in [5.74, 6) is 0.672. The number of amides is 2. The number of methoxy groups -OCH3 is 1. The summed E-state index contributed by atoms with van der Waals surface area (Å²) in [7, 11) is 1.66. The van der Waals surface area contributed by atoms with E-state index in [-0.39, 0.29) is 24.8 Å². The van der Waals surface area contributed by atoms with E-state index in [9.17, 15) is 14.7 Å². The van der Waals surface area contributed by atoms with Crippen molar-refractivity contribution in [2.24, 2.45) is 0 Å². The second-order valence-corrected chi connectivity index (χ2v) is 8.96. The van der Waals surface area contributed by atoms with Gasteiger partial charge in [0.05, 0.1) is 12.7 Å². The van der Waals surface area contributed by atoms with E-state index in [1.54, 1.807) is 19.3 Å². The Morgan fingerprint density at radius 2 is 1.91 bits per heavy atom. The molecule has 1 aliphatic heterocycles. The molecule has 1 unspecified atom stereocenters. The maximum atomic E-state index is 12.6. The number of aliphatic hydroxyl groups is 1. The molecule has 33 heavy (non-hydrogen) atoms. The topological polar surface area (TPSA) is 87.7 Å². The third kappa shape index (κ3) is 6.02. The largest absolute Gasteiger partial charge is 0.496 e. The number of ether oxygens (including phenoxy) is 1. The van der Waals surface area contributed by atoms with Gasteiger partial charge >= 0.3 is 0 Å². The van der Waals surface area contributed by atoms with Crippen LogP contribution in [0.3, 0.4) is 0 Å². The molecule has 3 N–H and O–H groups in total. The van der Waals surface area contributed by atoms with Crippen molar-refractivity contribution >= 4 is 22.6 Å². The predicted octanol–water partition coefficient (Wildman–Crippen LogP) is 3.82. The second-order valence-electron chi connectivity index (χ2n) is 8.96. The molecule has 176 valence electrons. The Labute approximate surface area is 195 Å². The first kappa shape index (κ1) is 24.5. The zero-order valence-corrected chi connectivity index (χ0v) is 19.4. The Bertz CT molecular complexity index is 1020. The van der Waals surface area contributed by atoms with E-state index in [1.165, 1.54) is 0 Å². The summed E-state index contributed by atoms with van der Waals surface area (Å²) < 4.78 is 5.51. The van der Waals surface area contributed by atoms with Crippen LogP contribution in [0.25, 0.3) is 10.8 Å². The third-order valence-electron chi connectivity index (χ3n) is 6.45. The Morgan fingerprint density at radius 3 is 2.52 bits per heavy atom. The molecular weight excluding hydrogens is 416 g/mol. The van der Waals surface area contributed by atoms with Crippen molar-refractivity contribution < 1.29 is 19.4 Å². The van der Waals surface area contributed by atoms with E-state index in [0.717, 1.165) is 22.1 Å². The maximum absolute atomic E-state index is 12.6. The highest BCUT2D eigenvalue weighted by Crippen LogP contribution is 2.35. The average Bonchev–Trinajstić information content (AvgIpc) is 3.17. The molecule has 1 atom stereocenters. The number of rotatable bonds is 12. The van der Waals surface area contributed by atoms with Gasteiger partial charge in [0.2, 0.25) is 11.8 Å². The average molecular weight is 451 g/mol. The Kier molecular flexibility index (Phi) is 7.92. The third-order valence-corrected chi connectivity index (χ3v) is 6.45. The fraction of sp³-hybridized carbons (Fsp3) is 0.407. The molecule has 0 bridgehead atoms. The minimum atomic E-state index is -1.08. The van der Waals surface area contributed by atoms with Crippen LogP contribution in [0.2, 0.25) is 0 Å². The molecule has 1 aliphatic rings. The molecule has 3 rings (SSSR count). The van der Waals surface area contributed by atoms with Gasteiger partial charge in [-0.25, -0.2) is 0 Å². The van der Waals surface area contributed by atoms with Gasteiger partial charge in [-0.1, -0.05) is 42.5 Å². The Balaban J connectivity index is 1.72. The predicted molar refractivity (Wildman–Crippen MR) is 131 cm³/mol. The molecule has 1 saturated heterocycles. The van der Waals surface area contributed by atoms with E-state index in [0.29, 0.717) is 38.5 Å². The molecule has 6 nitrogen and oxygen atoms in total. The molecule has 0 aliphatic carbocycles. The molecule has 2 amide bonds. The summed E-state index contributed by atoms with van der Waals surface area (Å²) in [4.78, 5) is 24.8. The zero-order chi connectivity index (χ0) is 23.9. The molecule has 2 aromatic carbocycles. The van der Waals surface area contributed by atoms with Crippen molar-refractivity contribution in [1.29, 1.82) is 0 Å². The van der Waals surface area contributed by atoms with Gasteiger partial charge in [0.25, 0.3) is 0 Å². The first-order valence-electron chi connectivity index (χ1n) is 11.4. The van der Waals surface area contributed by atoms with Crippen molar-refractivity contribution in [3.8, 4) is 5.75 Å². The molecule has 0 aromatic heterocycles. The monoisotopic (exact) mass is 450 g/mol. The highest BCUT2D eigenvalue weighted by molar-refractivity contribution is 5.91. The van der Waals surface area contributed by atoms with Crippen LogP contribution >= 0.6 is 0 Å². The number of hydrogen-bond donors (Lipinski definition) is 3. The van der Waals surface area contributed by atoms with Gasteiger partial charge in [0.15, 0.2) is 0 Å². The van der Waals surface area contributed by atoms with E-state index in [2.05, 4.69) is 29.9 Å². The van der Waals surface area contributed by atoms with Gasteiger partial charge < -0.3 is 20.5 Å². The molecule has 0 spiro atoms. The summed E-state index contributed by atoms with van der Waals surface area (Å²) in [6.07, 6.45) is 6.54. The Hall–Kier alpha value is -3.12. The number of hydrogen-bond acceptors (Lipinski definition) is 4. The number of carbonyl (C=O) groups is 2. The summed E-state index contributed by atoms with van der Waals surface area (Å²) >= 11 is 0. The highest BCUT2D eigenvalue weighted by Gasteiger charge is 2.38. The normalized spacial score (nSPS) is 18.1. The maximum Gasteiger partial charge on any atom is 0.220 e. The second kappa shape index (κ2) is 10.7. The van der Waals surface area contributed by atoms with Gasteiger partial charge in [-0.05, 0) is 49.1 Å². The van der Waals surface area contributed by atoms with Crippen LogP contribution in [0.4, 0.5) is 0 Å². The number of fused-ring (bicyclic) bond motifs is 1. The number of carbonyl (C=O) groups excluding carboxylic acids is 2. The van der Waals surface area contributed by atoms with Crippen LogP contribution in [0.15, 0.2) is 61.7 Å². The van der Waals surface area contributed by atoms with Crippen LogP contribution in [-0.2, 0) is 16.0 Å². The van der Waals surface area contributed by atoms with Gasteiger partial charge in [-0.3, -0.25) is 9.59 Å². The van der Waals surface area contributed by atoms with Crippen molar-refractivity contribution in [1.82, 2.24) is 10.6 Å². The van der Waals surface area contributed by atoms with Crippen molar-refractivity contribution in [2.45, 2.75) is 56.1 Å². The SMILES string of the molecule is C=CCC(O)(CC=C)CNC(=O)CCC1(Cc2ccc(OC)c3ccccc23)CCC(=O)N1. The minimum Gasteiger partial charge on any atom is -0.496 e. The van der Waals surface area contributed by atoms with E-state index in [1.807, 2.05) is 30.3 Å². The lowest BCUT2D eigenvalue weighted by atomic mass is 9.83. The zero-order valence-electron chi connectivity index (χ0n) is 19.4. The molecule has 1 fully saturated rings. The van der Waals surface area contributed by atoms with Gasteiger partial charge in [-0.2, -0.15) is 0 Å².